The van der Waals surface area contributed by atoms with Crippen LogP contribution in [0, 0.1) is 11.6 Å². The molecule has 0 amide bonds. The summed E-state index contributed by atoms with van der Waals surface area (Å²) >= 11 is 3.55. The Kier molecular flexibility index (Phi) is 7.06. The van der Waals surface area contributed by atoms with E-state index in [1.54, 1.807) is 0 Å². The molecule has 0 radical (unpaired) electrons. The summed E-state index contributed by atoms with van der Waals surface area (Å²) in [5.41, 5.74) is 3.97. The third-order valence-electron chi connectivity index (χ3n) is 4.77. The molecule has 0 aliphatic heterocycles. The van der Waals surface area contributed by atoms with Crippen LogP contribution in [0.5, 0.6) is 0 Å². The average molecular weight is 478 g/mol. The van der Waals surface area contributed by atoms with Crippen LogP contribution in [0.3, 0.4) is 0 Å². The molecular weight excluding hydrogens is 458 g/mol. The lowest BCUT2D eigenvalue weighted by atomic mass is 10.1. The van der Waals surface area contributed by atoms with E-state index in [1.807, 2.05) is 24.3 Å². The maximum absolute atomic E-state index is 13.8. The maximum atomic E-state index is 13.8. The van der Waals surface area contributed by atoms with Gasteiger partial charge in [-0.15, -0.1) is 12.4 Å². The Bertz CT molecular complexity index is 1110. The number of hydrogen-bond acceptors (Lipinski definition) is 1. The zero-order valence-electron chi connectivity index (χ0n) is 15.5. The summed E-state index contributed by atoms with van der Waals surface area (Å²) in [5.74, 6) is -1.09. The Labute approximate surface area is 183 Å². The van der Waals surface area contributed by atoms with E-state index in [0.717, 1.165) is 33.6 Å². The molecule has 1 heterocycles. The lowest BCUT2D eigenvalue weighted by Crippen LogP contribution is -2.13. The Morgan fingerprint density at radius 3 is 2.38 bits per heavy atom. The lowest BCUT2D eigenvalue weighted by molar-refractivity contribution is 0.560. The number of benzene rings is 3. The first-order chi connectivity index (χ1) is 13.6. The zero-order valence-corrected chi connectivity index (χ0v) is 17.9. The Morgan fingerprint density at radius 1 is 0.862 bits per heavy atom. The van der Waals surface area contributed by atoms with Crippen molar-refractivity contribution in [3.63, 3.8) is 0 Å². The van der Waals surface area contributed by atoms with Crippen LogP contribution < -0.4 is 5.32 Å². The number of nitrogens with one attached hydrogen (secondary N) is 1. The molecule has 1 aromatic heterocycles. The topological polar surface area (TPSA) is 17.0 Å². The molecule has 0 aliphatic rings. The van der Waals surface area contributed by atoms with E-state index in [1.165, 1.54) is 17.7 Å². The van der Waals surface area contributed by atoms with E-state index in [9.17, 15) is 8.78 Å². The maximum Gasteiger partial charge on any atom is 0.130 e. The van der Waals surface area contributed by atoms with Crippen LogP contribution in [0.15, 0.2) is 77.4 Å². The fourth-order valence-corrected chi connectivity index (χ4v) is 3.75. The minimum Gasteiger partial charge on any atom is -0.343 e. The van der Waals surface area contributed by atoms with E-state index in [-0.39, 0.29) is 12.4 Å². The normalized spacial score (nSPS) is 10.9. The second kappa shape index (κ2) is 9.53. The van der Waals surface area contributed by atoms with Gasteiger partial charge in [-0.3, -0.25) is 0 Å². The van der Waals surface area contributed by atoms with Crippen molar-refractivity contribution >= 4 is 39.2 Å². The van der Waals surface area contributed by atoms with Gasteiger partial charge >= 0.3 is 0 Å². The molecule has 2 nitrogen and oxygen atoms in total. The van der Waals surface area contributed by atoms with E-state index in [0.29, 0.717) is 18.7 Å². The minimum atomic E-state index is -0.560. The van der Waals surface area contributed by atoms with Crippen LogP contribution in [-0.2, 0) is 19.6 Å². The van der Waals surface area contributed by atoms with Gasteiger partial charge in [0, 0.05) is 52.8 Å². The van der Waals surface area contributed by atoms with Crippen molar-refractivity contribution in [2.45, 2.75) is 19.6 Å². The van der Waals surface area contributed by atoms with E-state index in [4.69, 9.17) is 0 Å². The van der Waals surface area contributed by atoms with Crippen molar-refractivity contribution in [1.82, 2.24) is 9.88 Å². The Morgan fingerprint density at radius 2 is 1.62 bits per heavy atom. The number of halogens is 4. The average Bonchev–Trinajstić information content (AvgIpc) is 3.01. The molecule has 0 spiro atoms. The lowest BCUT2D eigenvalue weighted by Gasteiger charge is -2.06. The molecule has 0 aliphatic carbocycles. The molecule has 0 atom stereocenters. The van der Waals surface area contributed by atoms with Gasteiger partial charge in [0.05, 0.1) is 0 Å². The van der Waals surface area contributed by atoms with Crippen molar-refractivity contribution < 1.29 is 8.78 Å². The third-order valence-corrected chi connectivity index (χ3v) is 5.26. The van der Waals surface area contributed by atoms with Crippen molar-refractivity contribution in [1.29, 1.82) is 0 Å². The first-order valence-electron chi connectivity index (χ1n) is 9.06. The molecule has 29 heavy (non-hydrogen) atoms. The number of hydrogen-bond donors (Lipinski definition) is 1. The van der Waals surface area contributed by atoms with E-state index < -0.39 is 11.6 Å². The number of rotatable bonds is 6. The first-order valence-corrected chi connectivity index (χ1v) is 9.85. The number of aromatic nitrogens is 1. The Balaban J connectivity index is 0.00000240. The molecule has 0 saturated carbocycles. The largest absolute Gasteiger partial charge is 0.343 e. The summed E-state index contributed by atoms with van der Waals surface area (Å²) in [5, 5.41) is 4.43. The summed E-state index contributed by atoms with van der Waals surface area (Å²) in [6, 6.07) is 20.2. The van der Waals surface area contributed by atoms with Gasteiger partial charge in [-0.1, -0.05) is 52.3 Å². The highest BCUT2D eigenvalue weighted by Gasteiger charge is 2.10. The highest BCUT2D eigenvalue weighted by molar-refractivity contribution is 9.10. The highest BCUT2D eigenvalue weighted by Crippen LogP contribution is 2.26. The molecule has 0 saturated heterocycles. The van der Waals surface area contributed by atoms with Crippen molar-refractivity contribution in [3.8, 4) is 0 Å². The summed E-state index contributed by atoms with van der Waals surface area (Å²) < 4.78 is 30.1. The van der Waals surface area contributed by atoms with Crippen LogP contribution in [0.1, 0.15) is 16.7 Å². The number of fused-ring (bicyclic) bond motifs is 1. The van der Waals surface area contributed by atoms with E-state index in [2.05, 4.69) is 56.3 Å². The molecule has 0 fully saturated rings. The second-order valence-corrected chi connectivity index (χ2v) is 7.68. The van der Waals surface area contributed by atoms with Crippen molar-refractivity contribution in [3.05, 3.63) is 106 Å². The third kappa shape index (κ3) is 5.04. The molecule has 4 rings (SSSR count). The molecule has 3 aromatic carbocycles. The number of nitrogens with zero attached hydrogens (tertiary/aromatic N) is 1. The molecule has 4 aromatic rings. The monoisotopic (exact) mass is 476 g/mol. The molecule has 0 unspecified atom stereocenters. The smallest absolute Gasteiger partial charge is 0.130 e. The zero-order chi connectivity index (χ0) is 19.5. The van der Waals surface area contributed by atoms with Gasteiger partial charge in [0.25, 0.3) is 0 Å². The predicted molar refractivity (Wildman–Crippen MR) is 119 cm³/mol. The summed E-state index contributed by atoms with van der Waals surface area (Å²) in [7, 11) is 0. The molecule has 6 heteroatoms. The standard InChI is InChI=1S/C23H19BrF2N2.ClH/c24-19-7-9-23-21(10-19)18(15-28(23)14-16-4-2-1-3-5-16)13-27-12-17-6-8-20(25)11-22(17)26;/h1-11,15,27H,12-14H2;1H. The van der Waals surface area contributed by atoms with Crippen molar-refractivity contribution in [2.24, 2.45) is 0 Å². The second-order valence-electron chi connectivity index (χ2n) is 6.77. The van der Waals surface area contributed by atoms with Gasteiger partial charge in [0.2, 0.25) is 0 Å². The Hall–Kier alpha value is -2.21. The van der Waals surface area contributed by atoms with Crippen molar-refractivity contribution in [2.75, 3.05) is 0 Å². The van der Waals surface area contributed by atoms with Gasteiger partial charge < -0.3 is 9.88 Å². The van der Waals surface area contributed by atoms with Gasteiger partial charge in [-0.25, -0.2) is 8.78 Å². The summed E-state index contributed by atoms with van der Waals surface area (Å²) in [6.45, 7) is 1.71. The minimum absolute atomic E-state index is 0. The first kappa shape index (κ1) is 21.5. The molecule has 0 bridgehead atoms. The van der Waals surface area contributed by atoms with E-state index >= 15 is 0 Å². The van der Waals surface area contributed by atoms with Gasteiger partial charge in [0.15, 0.2) is 0 Å². The van der Waals surface area contributed by atoms with Gasteiger partial charge in [-0.2, -0.15) is 0 Å². The molecule has 150 valence electrons. The molecular formula is C23H20BrClF2N2. The fourth-order valence-electron chi connectivity index (χ4n) is 3.39. The van der Waals surface area contributed by atoms with Gasteiger partial charge in [-0.05, 0) is 35.4 Å². The molecule has 1 N–H and O–H groups in total. The fraction of sp³-hybridized carbons (Fsp3) is 0.130. The summed E-state index contributed by atoms with van der Waals surface area (Å²) in [6.07, 6.45) is 2.14. The van der Waals surface area contributed by atoms with Crippen LogP contribution >= 0.6 is 28.3 Å². The predicted octanol–water partition coefficient (Wildman–Crippen LogP) is 6.44. The van der Waals surface area contributed by atoms with Crippen LogP contribution in [-0.4, -0.2) is 4.57 Å². The van der Waals surface area contributed by atoms with Crippen LogP contribution in [0.25, 0.3) is 10.9 Å². The highest BCUT2D eigenvalue weighted by atomic mass is 79.9. The van der Waals surface area contributed by atoms with Gasteiger partial charge in [0.1, 0.15) is 11.6 Å². The quantitative estimate of drug-likeness (QED) is 0.338. The van der Waals surface area contributed by atoms with Crippen LogP contribution in [0.2, 0.25) is 0 Å². The SMILES string of the molecule is Cl.Fc1ccc(CNCc2cn(Cc3ccccc3)c3ccc(Br)cc23)c(F)c1. The van der Waals surface area contributed by atoms with Crippen LogP contribution in [0.4, 0.5) is 8.78 Å². The summed E-state index contributed by atoms with van der Waals surface area (Å²) in [4.78, 5) is 0.